The summed E-state index contributed by atoms with van der Waals surface area (Å²) in [6.07, 6.45) is 4.69. The highest BCUT2D eigenvalue weighted by Crippen LogP contribution is 2.35. The molecule has 2 rings (SSSR count). The van der Waals surface area contributed by atoms with Gasteiger partial charge in [-0.05, 0) is 18.8 Å². The van der Waals surface area contributed by atoms with Gasteiger partial charge in [0.1, 0.15) is 12.4 Å². The second-order valence-electron chi connectivity index (χ2n) is 2.98. The summed E-state index contributed by atoms with van der Waals surface area (Å²) in [4.78, 5) is 3.86. The lowest BCUT2D eigenvalue weighted by molar-refractivity contribution is 0.275. The zero-order chi connectivity index (χ0) is 7.68. The number of hydrogen-bond donors (Lipinski definition) is 0. The molecule has 1 aromatic heterocycles. The Morgan fingerprint density at radius 1 is 1.73 bits per heavy atom. The van der Waals surface area contributed by atoms with Crippen molar-refractivity contribution in [1.82, 2.24) is 4.98 Å². The smallest absolute Gasteiger partial charge is 0.196 e. The number of halogens is 1. The predicted molar refractivity (Wildman–Crippen MR) is 37.8 cm³/mol. The molecule has 1 fully saturated rings. The van der Waals surface area contributed by atoms with Crippen molar-refractivity contribution >= 4 is 0 Å². The molecular formula is C8H10FNO. The highest BCUT2D eigenvalue weighted by molar-refractivity contribution is 4.89. The standard InChI is InChI=1S/C8H10FNO/c9-7(6-1-2-6)5-8-10-3-4-11-8/h3-4,6-7H,1-2,5H2. The molecule has 0 amide bonds. The van der Waals surface area contributed by atoms with Gasteiger partial charge in [0.15, 0.2) is 5.89 Å². The van der Waals surface area contributed by atoms with Crippen molar-refractivity contribution in [3.63, 3.8) is 0 Å². The van der Waals surface area contributed by atoms with Crippen LogP contribution in [0.25, 0.3) is 0 Å². The molecule has 3 heteroatoms. The van der Waals surface area contributed by atoms with Crippen molar-refractivity contribution in [1.29, 1.82) is 0 Å². The monoisotopic (exact) mass is 155 g/mol. The molecular weight excluding hydrogens is 145 g/mol. The molecule has 0 saturated heterocycles. The lowest BCUT2D eigenvalue weighted by Gasteiger charge is -2.00. The van der Waals surface area contributed by atoms with Crippen LogP contribution in [0.4, 0.5) is 4.39 Å². The topological polar surface area (TPSA) is 26.0 Å². The van der Waals surface area contributed by atoms with E-state index in [1.54, 1.807) is 6.20 Å². The van der Waals surface area contributed by atoms with Crippen LogP contribution in [-0.4, -0.2) is 11.2 Å². The van der Waals surface area contributed by atoms with Gasteiger partial charge in [0.2, 0.25) is 0 Å². The summed E-state index contributed by atoms with van der Waals surface area (Å²) in [7, 11) is 0. The average molecular weight is 155 g/mol. The molecule has 0 N–H and O–H groups in total. The van der Waals surface area contributed by atoms with Gasteiger partial charge in [-0.15, -0.1) is 0 Å². The SMILES string of the molecule is FC(Cc1ncco1)C1CC1. The Bertz CT molecular complexity index is 218. The molecule has 1 aromatic rings. The van der Waals surface area contributed by atoms with Crippen LogP contribution in [0.15, 0.2) is 16.9 Å². The first kappa shape index (κ1) is 6.83. The third-order valence-electron chi connectivity index (χ3n) is 1.99. The number of oxazole rings is 1. The van der Waals surface area contributed by atoms with E-state index in [-0.39, 0.29) is 5.92 Å². The molecule has 0 radical (unpaired) electrons. The van der Waals surface area contributed by atoms with Gasteiger partial charge in [-0.3, -0.25) is 0 Å². The molecule has 1 atom stereocenters. The Morgan fingerprint density at radius 3 is 3.09 bits per heavy atom. The second-order valence-corrected chi connectivity index (χ2v) is 2.98. The molecule has 60 valence electrons. The Balaban J connectivity index is 1.89. The lowest BCUT2D eigenvalue weighted by atomic mass is 10.2. The summed E-state index contributed by atoms with van der Waals surface area (Å²) in [5.74, 6) is 0.797. The fourth-order valence-corrected chi connectivity index (χ4v) is 1.15. The van der Waals surface area contributed by atoms with E-state index in [4.69, 9.17) is 4.42 Å². The molecule has 1 aliphatic carbocycles. The Hall–Kier alpha value is -0.860. The van der Waals surface area contributed by atoms with Gasteiger partial charge in [0, 0.05) is 0 Å². The molecule has 0 bridgehead atoms. The third kappa shape index (κ3) is 1.59. The molecule has 0 spiro atoms. The number of nitrogens with zero attached hydrogens (tertiary/aromatic N) is 1. The first-order valence-corrected chi connectivity index (χ1v) is 3.88. The minimum absolute atomic E-state index is 0.280. The molecule has 11 heavy (non-hydrogen) atoms. The van der Waals surface area contributed by atoms with Crippen LogP contribution >= 0.6 is 0 Å². The van der Waals surface area contributed by atoms with Crippen LogP contribution in [0.3, 0.4) is 0 Å². The zero-order valence-corrected chi connectivity index (χ0v) is 6.16. The van der Waals surface area contributed by atoms with Crippen LogP contribution in [-0.2, 0) is 6.42 Å². The van der Waals surface area contributed by atoms with Crippen molar-refractivity contribution < 1.29 is 8.81 Å². The first-order valence-electron chi connectivity index (χ1n) is 3.88. The van der Waals surface area contributed by atoms with Gasteiger partial charge in [-0.2, -0.15) is 0 Å². The van der Waals surface area contributed by atoms with Gasteiger partial charge in [-0.25, -0.2) is 9.37 Å². The van der Waals surface area contributed by atoms with E-state index in [2.05, 4.69) is 4.98 Å². The minimum Gasteiger partial charge on any atom is -0.449 e. The van der Waals surface area contributed by atoms with Crippen LogP contribution in [0.1, 0.15) is 18.7 Å². The van der Waals surface area contributed by atoms with Crippen LogP contribution in [0.5, 0.6) is 0 Å². The minimum atomic E-state index is -0.742. The first-order chi connectivity index (χ1) is 5.36. The van der Waals surface area contributed by atoms with E-state index < -0.39 is 6.17 Å². The molecule has 1 saturated carbocycles. The van der Waals surface area contributed by atoms with E-state index in [1.165, 1.54) is 6.26 Å². The Morgan fingerprint density at radius 2 is 2.55 bits per heavy atom. The van der Waals surface area contributed by atoms with E-state index in [0.717, 1.165) is 12.8 Å². The molecule has 0 aliphatic heterocycles. The lowest BCUT2D eigenvalue weighted by Crippen LogP contribution is -2.06. The van der Waals surface area contributed by atoms with Gasteiger partial charge >= 0.3 is 0 Å². The molecule has 1 unspecified atom stereocenters. The Kier molecular flexibility index (Phi) is 1.64. The largest absolute Gasteiger partial charge is 0.449 e. The molecule has 2 nitrogen and oxygen atoms in total. The predicted octanol–water partition coefficient (Wildman–Crippen LogP) is 1.97. The highest BCUT2D eigenvalue weighted by atomic mass is 19.1. The third-order valence-corrected chi connectivity index (χ3v) is 1.99. The van der Waals surface area contributed by atoms with Crippen LogP contribution in [0.2, 0.25) is 0 Å². The maximum atomic E-state index is 13.1. The summed E-state index contributed by atoms with van der Waals surface area (Å²) in [5, 5.41) is 0. The van der Waals surface area contributed by atoms with E-state index in [0.29, 0.717) is 12.3 Å². The van der Waals surface area contributed by atoms with E-state index in [9.17, 15) is 4.39 Å². The quantitative estimate of drug-likeness (QED) is 0.666. The second kappa shape index (κ2) is 2.64. The van der Waals surface area contributed by atoms with Crippen LogP contribution in [0, 0.1) is 5.92 Å². The number of rotatable bonds is 3. The molecule has 1 aliphatic rings. The van der Waals surface area contributed by atoms with Crippen molar-refractivity contribution in [2.24, 2.45) is 5.92 Å². The van der Waals surface area contributed by atoms with Gasteiger partial charge in [0.05, 0.1) is 12.6 Å². The summed E-state index contributed by atoms with van der Waals surface area (Å²) in [5.41, 5.74) is 0. The van der Waals surface area contributed by atoms with Gasteiger partial charge in [0.25, 0.3) is 0 Å². The van der Waals surface area contributed by atoms with Crippen LogP contribution < -0.4 is 0 Å². The van der Waals surface area contributed by atoms with E-state index >= 15 is 0 Å². The summed E-state index contributed by atoms with van der Waals surface area (Å²) in [6.45, 7) is 0. The van der Waals surface area contributed by atoms with Crippen molar-refractivity contribution in [3.05, 3.63) is 18.4 Å². The van der Waals surface area contributed by atoms with E-state index in [1.807, 2.05) is 0 Å². The van der Waals surface area contributed by atoms with Crippen molar-refractivity contribution in [2.45, 2.75) is 25.4 Å². The molecule has 1 heterocycles. The Labute approximate surface area is 64.4 Å². The average Bonchev–Trinajstić information content (AvgIpc) is 2.73. The highest BCUT2D eigenvalue weighted by Gasteiger charge is 2.32. The normalized spacial score (nSPS) is 20.1. The van der Waals surface area contributed by atoms with Gasteiger partial charge in [-0.1, -0.05) is 0 Å². The number of alkyl halides is 1. The fourth-order valence-electron chi connectivity index (χ4n) is 1.15. The summed E-state index contributed by atoms with van der Waals surface area (Å²) < 4.78 is 18.0. The summed E-state index contributed by atoms with van der Waals surface area (Å²) >= 11 is 0. The van der Waals surface area contributed by atoms with Crippen molar-refractivity contribution in [2.75, 3.05) is 0 Å². The van der Waals surface area contributed by atoms with Gasteiger partial charge < -0.3 is 4.42 Å². The maximum absolute atomic E-state index is 13.1. The molecule has 0 aromatic carbocycles. The maximum Gasteiger partial charge on any atom is 0.196 e. The summed E-state index contributed by atoms with van der Waals surface area (Å²) in [6, 6.07) is 0. The number of aromatic nitrogens is 1. The fraction of sp³-hybridized carbons (Fsp3) is 0.625. The van der Waals surface area contributed by atoms with Crippen molar-refractivity contribution in [3.8, 4) is 0 Å². The zero-order valence-electron chi connectivity index (χ0n) is 6.16. The number of hydrogen-bond acceptors (Lipinski definition) is 2.